The van der Waals surface area contributed by atoms with Crippen LogP contribution < -0.4 is 10.6 Å². The molecule has 3 nitrogen and oxygen atoms in total. The Balaban J connectivity index is 2.19. The van der Waals surface area contributed by atoms with E-state index in [0.29, 0.717) is 0 Å². The van der Waals surface area contributed by atoms with Crippen LogP contribution >= 0.6 is 0 Å². The van der Waals surface area contributed by atoms with Crippen molar-refractivity contribution in [2.24, 2.45) is 0 Å². The molecule has 1 aliphatic heterocycles. The summed E-state index contributed by atoms with van der Waals surface area (Å²) in [5, 5.41) is 9.37. The van der Waals surface area contributed by atoms with Crippen LogP contribution in [0.3, 0.4) is 0 Å². The Kier molecular flexibility index (Phi) is 2.77. The SMILES string of the molecule is Nc1c(F)cccc1N1CCC(O)CC1. The molecule has 1 aromatic carbocycles. The van der Waals surface area contributed by atoms with Gasteiger partial charge in [0.2, 0.25) is 0 Å². The van der Waals surface area contributed by atoms with Gasteiger partial charge in [0.1, 0.15) is 5.82 Å². The lowest BCUT2D eigenvalue weighted by atomic mass is 10.1. The molecule has 1 fully saturated rings. The van der Waals surface area contributed by atoms with Gasteiger partial charge in [-0.25, -0.2) is 4.39 Å². The van der Waals surface area contributed by atoms with E-state index in [1.165, 1.54) is 6.07 Å². The van der Waals surface area contributed by atoms with Gasteiger partial charge in [0.05, 0.1) is 17.5 Å². The molecule has 0 radical (unpaired) electrons. The van der Waals surface area contributed by atoms with E-state index in [1.54, 1.807) is 6.07 Å². The summed E-state index contributed by atoms with van der Waals surface area (Å²) in [7, 11) is 0. The van der Waals surface area contributed by atoms with Gasteiger partial charge in [-0.1, -0.05) is 6.07 Å². The van der Waals surface area contributed by atoms with E-state index in [2.05, 4.69) is 0 Å². The van der Waals surface area contributed by atoms with Crippen molar-refractivity contribution >= 4 is 11.4 Å². The molecule has 1 saturated heterocycles. The summed E-state index contributed by atoms with van der Waals surface area (Å²) in [5.41, 5.74) is 6.61. The normalized spacial score (nSPS) is 18.1. The van der Waals surface area contributed by atoms with Gasteiger partial charge in [0.25, 0.3) is 0 Å². The molecule has 1 aromatic rings. The Bertz CT molecular complexity index is 348. The first-order valence-corrected chi connectivity index (χ1v) is 5.15. The predicted octanol–water partition coefficient (Wildman–Crippen LogP) is 1.37. The highest BCUT2D eigenvalue weighted by Crippen LogP contribution is 2.27. The molecule has 4 heteroatoms. The number of halogens is 1. The second-order valence-electron chi connectivity index (χ2n) is 3.89. The Morgan fingerprint density at radius 2 is 2.00 bits per heavy atom. The van der Waals surface area contributed by atoms with Crippen molar-refractivity contribution in [3.8, 4) is 0 Å². The van der Waals surface area contributed by atoms with Gasteiger partial charge < -0.3 is 15.7 Å². The van der Waals surface area contributed by atoms with Gasteiger partial charge in [0.15, 0.2) is 0 Å². The van der Waals surface area contributed by atoms with E-state index < -0.39 is 0 Å². The molecule has 3 N–H and O–H groups in total. The van der Waals surface area contributed by atoms with Crippen LogP contribution in [0.1, 0.15) is 12.8 Å². The molecular weight excluding hydrogens is 195 g/mol. The molecule has 15 heavy (non-hydrogen) atoms. The zero-order chi connectivity index (χ0) is 10.8. The van der Waals surface area contributed by atoms with Crippen molar-refractivity contribution in [3.05, 3.63) is 24.0 Å². The van der Waals surface area contributed by atoms with Gasteiger partial charge in [-0.3, -0.25) is 0 Å². The smallest absolute Gasteiger partial charge is 0.148 e. The van der Waals surface area contributed by atoms with Crippen molar-refractivity contribution in [1.29, 1.82) is 0 Å². The number of anilines is 2. The Hall–Kier alpha value is -1.29. The Labute approximate surface area is 88.3 Å². The fourth-order valence-electron chi connectivity index (χ4n) is 1.91. The van der Waals surface area contributed by atoms with Gasteiger partial charge in [-0.05, 0) is 25.0 Å². The number of rotatable bonds is 1. The third kappa shape index (κ3) is 2.04. The molecule has 0 amide bonds. The number of aliphatic hydroxyl groups is 1. The molecule has 82 valence electrons. The molecule has 0 bridgehead atoms. The highest BCUT2D eigenvalue weighted by atomic mass is 19.1. The summed E-state index contributed by atoms with van der Waals surface area (Å²) in [6.45, 7) is 1.46. The molecule has 0 saturated carbocycles. The van der Waals surface area contributed by atoms with Crippen molar-refractivity contribution in [2.75, 3.05) is 23.7 Å². The second-order valence-corrected chi connectivity index (χ2v) is 3.89. The third-order valence-electron chi connectivity index (χ3n) is 2.84. The lowest BCUT2D eigenvalue weighted by molar-refractivity contribution is 0.145. The monoisotopic (exact) mass is 210 g/mol. The zero-order valence-corrected chi connectivity index (χ0v) is 8.49. The van der Waals surface area contributed by atoms with Crippen molar-refractivity contribution in [1.82, 2.24) is 0 Å². The topological polar surface area (TPSA) is 49.5 Å². The maximum atomic E-state index is 13.2. The van der Waals surface area contributed by atoms with Crippen LogP contribution in [0.4, 0.5) is 15.8 Å². The molecule has 1 aliphatic rings. The first-order chi connectivity index (χ1) is 7.18. The molecule has 0 spiro atoms. The highest BCUT2D eigenvalue weighted by molar-refractivity contribution is 5.68. The van der Waals surface area contributed by atoms with Crippen LogP contribution in [0.15, 0.2) is 18.2 Å². The van der Waals surface area contributed by atoms with Crippen molar-refractivity contribution in [2.45, 2.75) is 18.9 Å². The quantitative estimate of drug-likeness (QED) is 0.688. The molecular formula is C11H15FN2O. The second kappa shape index (κ2) is 4.06. The van der Waals surface area contributed by atoms with Gasteiger partial charge in [-0.15, -0.1) is 0 Å². The standard InChI is InChI=1S/C11H15FN2O/c12-9-2-1-3-10(11(9)13)14-6-4-8(15)5-7-14/h1-3,8,15H,4-7,13H2. The fourth-order valence-corrected chi connectivity index (χ4v) is 1.91. The van der Waals surface area contributed by atoms with E-state index in [9.17, 15) is 9.50 Å². The summed E-state index contributed by atoms with van der Waals surface area (Å²) in [4.78, 5) is 2.02. The summed E-state index contributed by atoms with van der Waals surface area (Å²) in [6, 6.07) is 4.83. The van der Waals surface area contributed by atoms with Gasteiger partial charge >= 0.3 is 0 Å². The van der Waals surface area contributed by atoms with Crippen LogP contribution in [-0.2, 0) is 0 Å². The number of nitrogens with two attached hydrogens (primary N) is 1. The zero-order valence-electron chi connectivity index (χ0n) is 8.49. The van der Waals surface area contributed by atoms with Crippen LogP contribution in [-0.4, -0.2) is 24.3 Å². The maximum Gasteiger partial charge on any atom is 0.148 e. The van der Waals surface area contributed by atoms with E-state index in [4.69, 9.17) is 5.73 Å². The highest BCUT2D eigenvalue weighted by Gasteiger charge is 2.19. The minimum atomic E-state index is -0.376. The number of para-hydroxylation sites is 1. The third-order valence-corrected chi connectivity index (χ3v) is 2.84. The average molecular weight is 210 g/mol. The van der Waals surface area contributed by atoms with E-state index in [0.717, 1.165) is 31.6 Å². The van der Waals surface area contributed by atoms with E-state index in [-0.39, 0.29) is 17.6 Å². The molecule has 1 heterocycles. The maximum absolute atomic E-state index is 13.2. The molecule has 2 rings (SSSR count). The number of hydrogen-bond acceptors (Lipinski definition) is 3. The first kappa shape index (κ1) is 10.2. The molecule has 0 unspecified atom stereocenters. The van der Waals surface area contributed by atoms with E-state index >= 15 is 0 Å². The van der Waals surface area contributed by atoms with Crippen LogP contribution in [0.2, 0.25) is 0 Å². The fraction of sp³-hybridized carbons (Fsp3) is 0.455. The Morgan fingerprint density at radius 3 is 2.67 bits per heavy atom. The van der Waals surface area contributed by atoms with Crippen LogP contribution in [0.25, 0.3) is 0 Å². The summed E-state index contributed by atoms with van der Waals surface area (Å²) < 4.78 is 13.2. The van der Waals surface area contributed by atoms with Crippen molar-refractivity contribution < 1.29 is 9.50 Å². The number of nitrogens with zero attached hydrogens (tertiary/aromatic N) is 1. The summed E-state index contributed by atoms with van der Waals surface area (Å²) in [6.07, 6.45) is 1.21. The van der Waals surface area contributed by atoms with Crippen molar-refractivity contribution in [3.63, 3.8) is 0 Å². The van der Waals surface area contributed by atoms with Gasteiger partial charge in [0, 0.05) is 13.1 Å². The largest absolute Gasteiger partial charge is 0.395 e. The summed E-state index contributed by atoms with van der Waals surface area (Å²) >= 11 is 0. The number of aliphatic hydroxyl groups excluding tert-OH is 1. The lowest BCUT2D eigenvalue weighted by Gasteiger charge is -2.32. The number of hydrogen-bond donors (Lipinski definition) is 2. The average Bonchev–Trinajstić information content (AvgIpc) is 2.24. The molecule has 0 aliphatic carbocycles. The minimum absolute atomic E-state index is 0.203. The number of piperidine rings is 1. The predicted molar refractivity (Wildman–Crippen MR) is 58.3 cm³/mol. The Morgan fingerprint density at radius 1 is 1.33 bits per heavy atom. The molecule has 0 atom stereocenters. The van der Waals surface area contributed by atoms with Gasteiger partial charge in [-0.2, -0.15) is 0 Å². The lowest BCUT2D eigenvalue weighted by Crippen LogP contribution is -2.36. The molecule has 0 aromatic heterocycles. The van der Waals surface area contributed by atoms with Crippen LogP contribution in [0.5, 0.6) is 0 Å². The first-order valence-electron chi connectivity index (χ1n) is 5.15. The summed E-state index contributed by atoms with van der Waals surface area (Å²) in [5.74, 6) is -0.376. The minimum Gasteiger partial charge on any atom is -0.395 e. The number of nitrogen functional groups attached to an aromatic ring is 1. The van der Waals surface area contributed by atoms with E-state index in [1.807, 2.05) is 11.0 Å². The number of benzene rings is 1. The van der Waals surface area contributed by atoms with Crippen LogP contribution in [0, 0.1) is 5.82 Å².